The van der Waals surface area contributed by atoms with Crippen LogP contribution in [0.2, 0.25) is 0 Å². The van der Waals surface area contributed by atoms with Gasteiger partial charge in [-0.05, 0) is 19.8 Å². The zero-order chi connectivity index (χ0) is 11.8. The summed E-state index contributed by atoms with van der Waals surface area (Å²) in [5, 5.41) is 12.6. The molecule has 0 radical (unpaired) electrons. The van der Waals surface area contributed by atoms with Crippen LogP contribution in [0.1, 0.15) is 50.9 Å². The van der Waals surface area contributed by atoms with Crippen molar-refractivity contribution in [2.75, 3.05) is 13.2 Å². The molecule has 1 rings (SSSR count). The van der Waals surface area contributed by atoms with Crippen LogP contribution in [0.25, 0.3) is 0 Å². The summed E-state index contributed by atoms with van der Waals surface area (Å²) in [5.41, 5.74) is 0. The predicted molar refractivity (Wildman–Crippen MR) is 59.0 cm³/mol. The number of ether oxygens (including phenoxy) is 1. The zero-order valence-corrected chi connectivity index (χ0v) is 9.98. The van der Waals surface area contributed by atoms with Crippen molar-refractivity contribution in [3.63, 3.8) is 0 Å². The highest BCUT2D eigenvalue weighted by molar-refractivity contribution is 4.91. The molecule has 0 saturated carbocycles. The highest BCUT2D eigenvalue weighted by Gasteiger charge is 2.17. The summed E-state index contributed by atoms with van der Waals surface area (Å²) in [6.45, 7) is 4.83. The Bertz CT molecular complexity index is 283. The van der Waals surface area contributed by atoms with Crippen molar-refractivity contribution in [3.05, 3.63) is 11.7 Å². The van der Waals surface area contributed by atoms with E-state index in [0.29, 0.717) is 31.2 Å². The lowest BCUT2D eigenvalue weighted by Crippen LogP contribution is -2.06. The second kappa shape index (κ2) is 7.35. The molecule has 16 heavy (non-hydrogen) atoms. The molecule has 0 aromatic carbocycles. The Morgan fingerprint density at radius 2 is 2.25 bits per heavy atom. The number of hydrogen-bond donors (Lipinski definition) is 1. The van der Waals surface area contributed by atoms with Crippen molar-refractivity contribution in [2.45, 2.75) is 45.6 Å². The lowest BCUT2D eigenvalue weighted by Gasteiger charge is -2.11. The quantitative estimate of drug-likeness (QED) is 0.735. The van der Waals surface area contributed by atoms with E-state index in [1.54, 1.807) is 0 Å². The SMILES string of the molecule is CCCC(OCC)c1noc(CCCO)n1. The molecular formula is C11H20N2O3. The Kier molecular flexibility index (Phi) is 6.03. The van der Waals surface area contributed by atoms with Gasteiger partial charge in [0.1, 0.15) is 6.10 Å². The minimum atomic E-state index is -0.0679. The van der Waals surface area contributed by atoms with Gasteiger partial charge in [-0.25, -0.2) is 0 Å². The van der Waals surface area contributed by atoms with Gasteiger partial charge in [0.2, 0.25) is 11.7 Å². The van der Waals surface area contributed by atoms with Gasteiger partial charge in [-0.3, -0.25) is 0 Å². The van der Waals surface area contributed by atoms with E-state index in [2.05, 4.69) is 17.1 Å². The molecule has 1 N–H and O–H groups in total. The van der Waals surface area contributed by atoms with E-state index < -0.39 is 0 Å². The molecule has 0 saturated heterocycles. The van der Waals surface area contributed by atoms with Crippen molar-refractivity contribution >= 4 is 0 Å². The fraction of sp³-hybridized carbons (Fsp3) is 0.818. The average Bonchev–Trinajstić information content (AvgIpc) is 2.74. The summed E-state index contributed by atoms with van der Waals surface area (Å²) in [5.74, 6) is 1.20. The van der Waals surface area contributed by atoms with E-state index in [4.69, 9.17) is 14.4 Å². The lowest BCUT2D eigenvalue weighted by molar-refractivity contribution is 0.0477. The molecule has 0 bridgehead atoms. The molecule has 92 valence electrons. The molecule has 1 aromatic heterocycles. The molecule has 1 unspecified atom stereocenters. The molecular weight excluding hydrogens is 208 g/mol. The molecule has 5 nitrogen and oxygen atoms in total. The molecule has 0 aliphatic carbocycles. The molecule has 1 heterocycles. The number of hydrogen-bond acceptors (Lipinski definition) is 5. The first kappa shape index (κ1) is 13.1. The van der Waals surface area contributed by atoms with Gasteiger partial charge < -0.3 is 14.4 Å². The van der Waals surface area contributed by atoms with Gasteiger partial charge >= 0.3 is 0 Å². The lowest BCUT2D eigenvalue weighted by atomic mass is 10.2. The van der Waals surface area contributed by atoms with E-state index in [9.17, 15) is 0 Å². The third kappa shape index (κ3) is 3.90. The Labute approximate surface area is 95.8 Å². The second-order valence-corrected chi connectivity index (χ2v) is 3.61. The summed E-state index contributed by atoms with van der Waals surface area (Å²) in [6.07, 6.45) is 3.11. The fourth-order valence-electron chi connectivity index (χ4n) is 1.48. The predicted octanol–water partition coefficient (Wildman–Crippen LogP) is 1.87. The van der Waals surface area contributed by atoms with Crippen LogP contribution >= 0.6 is 0 Å². The standard InChI is InChI=1S/C11H20N2O3/c1-3-6-9(15-4-2)11-12-10(16-13-11)7-5-8-14/h9,14H,3-8H2,1-2H3. The number of aliphatic hydroxyl groups excluding tert-OH is 1. The number of aryl methyl sites for hydroxylation is 1. The van der Waals surface area contributed by atoms with Crippen molar-refractivity contribution in [3.8, 4) is 0 Å². The number of rotatable bonds is 8. The molecule has 0 fully saturated rings. The topological polar surface area (TPSA) is 68.4 Å². The largest absolute Gasteiger partial charge is 0.396 e. The molecule has 1 atom stereocenters. The van der Waals surface area contributed by atoms with Gasteiger partial charge in [-0.15, -0.1) is 0 Å². The van der Waals surface area contributed by atoms with Crippen LogP contribution in [0.5, 0.6) is 0 Å². The van der Waals surface area contributed by atoms with E-state index in [0.717, 1.165) is 12.8 Å². The Morgan fingerprint density at radius 1 is 1.44 bits per heavy atom. The van der Waals surface area contributed by atoms with Gasteiger partial charge in [-0.2, -0.15) is 4.98 Å². The van der Waals surface area contributed by atoms with Crippen molar-refractivity contribution in [2.24, 2.45) is 0 Å². The maximum atomic E-state index is 8.70. The summed E-state index contributed by atoms with van der Waals surface area (Å²) in [6, 6.07) is 0. The average molecular weight is 228 g/mol. The van der Waals surface area contributed by atoms with Gasteiger partial charge in [0.25, 0.3) is 0 Å². The van der Waals surface area contributed by atoms with Crippen molar-refractivity contribution in [1.82, 2.24) is 10.1 Å². The zero-order valence-electron chi connectivity index (χ0n) is 9.98. The first-order chi connectivity index (χ1) is 7.81. The second-order valence-electron chi connectivity index (χ2n) is 3.61. The molecule has 0 spiro atoms. The third-order valence-corrected chi connectivity index (χ3v) is 2.24. The monoisotopic (exact) mass is 228 g/mol. The molecule has 0 aliphatic rings. The van der Waals surface area contributed by atoms with E-state index in [1.165, 1.54) is 0 Å². The number of aromatic nitrogens is 2. The third-order valence-electron chi connectivity index (χ3n) is 2.24. The minimum absolute atomic E-state index is 0.0679. The van der Waals surface area contributed by atoms with Crippen molar-refractivity contribution < 1.29 is 14.4 Å². The summed E-state index contributed by atoms with van der Waals surface area (Å²) in [7, 11) is 0. The van der Waals surface area contributed by atoms with Crippen LogP contribution in [-0.2, 0) is 11.2 Å². The van der Waals surface area contributed by atoms with Crippen LogP contribution in [0, 0.1) is 0 Å². The molecule has 1 aromatic rings. The summed E-state index contributed by atoms with van der Waals surface area (Å²) < 4.78 is 10.6. The van der Waals surface area contributed by atoms with Crippen LogP contribution in [0.15, 0.2) is 4.52 Å². The number of nitrogens with zero attached hydrogens (tertiary/aromatic N) is 2. The molecule has 0 aliphatic heterocycles. The van der Waals surface area contributed by atoms with E-state index in [1.807, 2.05) is 6.92 Å². The molecule has 0 amide bonds. The van der Waals surface area contributed by atoms with Crippen molar-refractivity contribution in [1.29, 1.82) is 0 Å². The highest BCUT2D eigenvalue weighted by atomic mass is 16.5. The minimum Gasteiger partial charge on any atom is -0.396 e. The highest BCUT2D eigenvalue weighted by Crippen LogP contribution is 2.20. The van der Waals surface area contributed by atoms with Gasteiger partial charge in [-0.1, -0.05) is 18.5 Å². The van der Waals surface area contributed by atoms with Gasteiger partial charge in [0, 0.05) is 19.6 Å². The fourth-order valence-corrected chi connectivity index (χ4v) is 1.48. The maximum absolute atomic E-state index is 8.70. The van der Waals surface area contributed by atoms with Crippen LogP contribution in [0.3, 0.4) is 0 Å². The Balaban J connectivity index is 2.58. The summed E-state index contributed by atoms with van der Waals surface area (Å²) >= 11 is 0. The normalized spacial score (nSPS) is 12.9. The molecule has 5 heteroatoms. The first-order valence-corrected chi connectivity index (χ1v) is 5.86. The van der Waals surface area contributed by atoms with E-state index >= 15 is 0 Å². The van der Waals surface area contributed by atoms with Crippen LogP contribution in [-0.4, -0.2) is 28.5 Å². The van der Waals surface area contributed by atoms with Gasteiger partial charge in [0.05, 0.1) is 0 Å². The number of aliphatic hydroxyl groups is 1. The smallest absolute Gasteiger partial charge is 0.226 e. The first-order valence-electron chi connectivity index (χ1n) is 5.86. The Hall–Kier alpha value is -0.940. The Morgan fingerprint density at radius 3 is 2.88 bits per heavy atom. The summed E-state index contributed by atoms with van der Waals surface area (Å²) in [4.78, 5) is 4.27. The van der Waals surface area contributed by atoms with E-state index in [-0.39, 0.29) is 12.7 Å². The van der Waals surface area contributed by atoms with Crippen LogP contribution < -0.4 is 0 Å². The van der Waals surface area contributed by atoms with Gasteiger partial charge in [0.15, 0.2) is 0 Å². The van der Waals surface area contributed by atoms with Crippen LogP contribution in [0.4, 0.5) is 0 Å². The maximum Gasteiger partial charge on any atom is 0.226 e.